The standard InChI is InChI=1S/C4H9.C3H6NO.U/c1-4(2)3;1-3(5)4-2;/h1-3H3;1H2,2H3,(H,4,5);/q2*-1;+2. The average Bonchev–Trinajstić information content (AvgIpc) is 1.65. The molecule has 0 bridgehead atoms. The number of hydrogen-bond acceptors (Lipinski definition) is 1. The third-order valence-electron chi connectivity index (χ3n) is 0.279. The Morgan fingerprint density at radius 2 is 1.50 bits per heavy atom. The van der Waals surface area contributed by atoms with E-state index in [4.69, 9.17) is 0 Å². The van der Waals surface area contributed by atoms with Crippen LogP contribution >= 0.6 is 0 Å². The average molecular weight is 367 g/mol. The van der Waals surface area contributed by atoms with E-state index in [1.54, 1.807) is 0 Å². The molecule has 3 heteroatoms. The van der Waals surface area contributed by atoms with Crippen molar-refractivity contribution < 1.29 is 35.9 Å². The molecule has 0 aliphatic heterocycles. The first-order valence-corrected chi connectivity index (χ1v) is 2.81. The van der Waals surface area contributed by atoms with E-state index in [1.807, 2.05) is 0 Å². The second-order valence-corrected chi connectivity index (χ2v) is 2.17. The van der Waals surface area contributed by atoms with Gasteiger partial charge in [0.25, 0.3) is 0 Å². The molecule has 0 radical (unpaired) electrons. The molecular formula is C7H15NOU. The number of rotatable bonds is 0. The summed E-state index contributed by atoms with van der Waals surface area (Å²) in [6.45, 7) is 9.26. The summed E-state index contributed by atoms with van der Waals surface area (Å²) in [7, 11) is 1.54. The molecule has 0 rings (SSSR count). The van der Waals surface area contributed by atoms with Gasteiger partial charge in [-0.15, -0.1) is 0 Å². The van der Waals surface area contributed by atoms with Crippen LogP contribution in [0.1, 0.15) is 20.8 Å². The molecule has 10 heavy (non-hydrogen) atoms. The first-order valence-electron chi connectivity index (χ1n) is 2.81. The molecule has 1 N–H and O–H groups in total. The molecule has 0 aliphatic carbocycles. The Labute approximate surface area is 87.5 Å². The summed E-state index contributed by atoms with van der Waals surface area (Å²) >= 11 is 0. The zero-order chi connectivity index (χ0) is 7.86. The molecule has 1 amide bonds. The summed E-state index contributed by atoms with van der Waals surface area (Å²) < 4.78 is 0. The van der Waals surface area contributed by atoms with Gasteiger partial charge in [-0.3, -0.25) is 0 Å². The molecular weight excluding hydrogens is 352 g/mol. The molecule has 0 aromatic carbocycles. The van der Waals surface area contributed by atoms with Gasteiger partial charge < -0.3 is 23.0 Å². The molecule has 0 aliphatic rings. The van der Waals surface area contributed by atoms with Crippen molar-refractivity contribution in [3.63, 3.8) is 0 Å². The maximum atomic E-state index is 9.59. The van der Waals surface area contributed by atoms with E-state index < -0.39 is 0 Å². The van der Waals surface area contributed by atoms with Gasteiger partial charge in [0.1, 0.15) is 0 Å². The van der Waals surface area contributed by atoms with E-state index in [0.29, 0.717) is 0 Å². The van der Waals surface area contributed by atoms with Gasteiger partial charge in [0.2, 0.25) is 0 Å². The SMILES string of the molecule is C[C-](C)C.[CH2-]C(=O)NC.[U+2]. The maximum absolute atomic E-state index is 9.59. The first-order chi connectivity index (χ1) is 4.00. The van der Waals surface area contributed by atoms with E-state index in [0.717, 1.165) is 0 Å². The minimum atomic E-state index is -0.245. The molecule has 58 valence electrons. The van der Waals surface area contributed by atoms with Gasteiger partial charge in [-0.05, 0) is 0 Å². The molecule has 0 atom stereocenters. The maximum Gasteiger partial charge on any atom is 2.00 e. The van der Waals surface area contributed by atoms with Crippen LogP contribution in [0.3, 0.4) is 0 Å². The van der Waals surface area contributed by atoms with E-state index in [9.17, 15) is 4.79 Å². The van der Waals surface area contributed by atoms with Crippen LogP contribution < -0.4 is 5.32 Å². The van der Waals surface area contributed by atoms with Crippen LogP contribution in [0.15, 0.2) is 0 Å². The normalized spacial score (nSPS) is 6.90. The molecule has 0 aromatic heterocycles. The topological polar surface area (TPSA) is 29.1 Å². The van der Waals surface area contributed by atoms with Crippen molar-refractivity contribution in [1.82, 2.24) is 5.32 Å². The minimum absolute atomic E-state index is 0. The van der Waals surface area contributed by atoms with Gasteiger partial charge in [-0.25, -0.2) is 0 Å². The van der Waals surface area contributed by atoms with Crippen LogP contribution in [0.4, 0.5) is 0 Å². The van der Waals surface area contributed by atoms with Crippen LogP contribution in [-0.2, 0) is 4.79 Å². The smallest absolute Gasteiger partial charge is 0.384 e. The predicted octanol–water partition coefficient (Wildman–Crippen LogP) is 1.19. The van der Waals surface area contributed by atoms with Crippen molar-refractivity contribution in [2.45, 2.75) is 20.8 Å². The van der Waals surface area contributed by atoms with Gasteiger partial charge in [0, 0.05) is 7.05 Å². The second-order valence-electron chi connectivity index (χ2n) is 2.17. The van der Waals surface area contributed by atoms with Crippen LogP contribution in [0.25, 0.3) is 0 Å². The third-order valence-corrected chi connectivity index (χ3v) is 0.279. The van der Waals surface area contributed by atoms with Crippen molar-refractivity contribution >= 4 is 5.91 Å². The van der Waals surface area contributed by atoms with Crippen molar-refractivity contribution in [2.24, 2.45) is 0 Å². The molecule has 0 spiro atoms. The Hall–Kier alpha value is 0.392. The van der Waals surface area contributed by atoms with E-state index in [1.165, 1.54) is 13.0 Å². The quantitative estimate of drug-likeness (QED) is 0.641. The van der Waals surface area contributed by atoms with Crippen LogP contribution in [0, 0.1) is 44.0 Å². The fourth-order valence-electron chi connectivity index (χ4n) is 0. The fraction of sp³-hybridized carbons (Fsp3) is 0.571. The van der Waals surface area contributed by atoms with Crippen LogP contribution in [-0.4, -0.2) is 13.0 Å². The van der Waals surface area contributed by atoms with E-state index >= 15 is 0 Å². The molecule has 0 saturated carbocycles. The monoisotopic (exact) mass is 367 g/mol. The molecule has 0 saturated heterocycles. The second kappa shape index (κ2) is 12.1. The Kier molecular flexibility index (Phi) is 20.3. The Morgan fingerprint density at radius 1 is 1.40 bits per heavy atom. The Bertz CT molecular complexity index is 71.3. The third kappa shape index (κ3) is 80.1. The van der Waals surface area contributed by atoms with Crippen molar-refractivity contribution in [1.29, 1.82) is 0 Å². The predicted molar refractivity (Wildman–Crippen MR) is 39.7 cm³/mol. The number of carbonyl (C=O) groups excluding carboxylic acids is 1. The summed E-state index contributed by atoms with van der Waals surface area (Å²) in [6.07, 6.45) is 0. The zero-order valence-corrected chi connectivity index (χ0v) is 11.3. The van der Waals surface area contributed by atoms with Gasteiger partial charge >= 0.3 is 31.1 Å². The molecule has 0 fully saturated rings. The summed E-state index contributed by atoms with van der Waals surface area (Å²) in [5.41, 5.74) is 0. The Balaban J connectivity index is -0.0000000910. The number of amides is 1. The van der Waals surface area contributed by atoms with Gasteiger partial charge in [0.05, 0.1) is 5.91 Å². The molecule has 0 unspecified atom stereocenters. The summed E-state index contributed by atoms with van der Waals surface area (Å²) in [5, 5.41) is 2.28. The first kappa shape index (κ1) is 16.8. The van der Waals surface area contributed by atoms with E-state index in [2.05, 4.69) is 33.0 Å². The van der Waals surface area contributed by atoms with Gasteiger partial charge in [-0.1, -0.05) is 0 Å². The summed E-state index contributed by atoms with van der Waals surface area (Å²) in [6, 6.07) is 0. The van der Waals surface area contributed by atoms with Crippen molar-refractivity contribution in [3.05, 3.63) is 12.8 Å². The zero-order valence-electron chi connectivity index (χ0n) is 7.12. The molecule has 0 heterocycles. The van der Waals surface area contributed by atoms with E-state index in [-0.39, 0.29) is 37.0 Å². The largest absolute Gasteiger partial charge is 2.00 e. The van der Waals surface area contributed by atoms with Crippen molar-refractivity contribution in [2.75, 3.05) is 7.05 Å². The summed E-state index contributed by atoms with van der Waals surface area (Å²) in [5.74, 6) is 1.17. The van der Waals surface area contributed by atoms with Crippen molar-refractivity contribution in [3.8, 4) is 0 Å². The molecule has 0 aromatic rings. The summed E-state index contributed by atoms with van der Waals surface area (Å²) in [4.78, 5) is 9.59. The fourth-order valence-corrected chi connectivity index (χ4v) is 0. The number of hydrogen-bond donors (Lipinski definition) is 1. The van der Waals surface area contributed by atoms with Gasteiger partial charge in [0.15, 0.2) is 0 Å². The molecule has 2 nitrogen and oxygen atoms in total. The van der Waals surface area contributed by atoms with Gasteiger partial charge in [-0.2, -0.15) is 20.8 Å². The Morgan fingerprint density at radius 3 is 1.50 bits per heavy atom. The minimum Gasteiger partial charge on any atom is -0.384 e. The number of nitrogens with one attached hydrogen (secondary N) is 1. The number of carbonyl (C=O) groups is 1. The van der Waals surface area contributed by atoms with Crippen LogP contribution in [0.2, 0.25) is 0 Å². The van der Waals surface area contributed by atoms with Crippen LogP contribution in [0.5, 0.6) is 0 Å².